The molecule has 1 heterocycles. The summed E-state index contributed by atoms with van der Waals surface area (Å²) in [6.07, 6.45) is 4.35. The van der Waals surface area contributed by atoms with Crippen molar-refractivity contribution >= 4 is 21.4 Å². The summed E-state index contributed by atoms with van der Waals surface area (Å²) in [5.41, 5.74) is 1.79. The highest BCUT2D eigenvalue weighted by Crippen LogP contribution is 2.10. The van der Waals surface area contributed by atoms with Gasteiger partial charge in [0.25, 0.3) is 5.91 Å². The van der Waals surface area contributed by atoms with E-state index in [1.54, 1.807) is 48.8 Å². The van der Waals surface area contributed by atoms with E-state index in [2.05, 4.69) is 10.3 Å². The summed E-state index contributed by atoms with van der Waals surface area (Å²) < 4.78 is 22.4. The van der Waals surface area contributed by atoms with Crippen LogP contribution in [0.4, 0.5) is 5.69 Å². The van der Waals surface area contributed by atoms with Gasteiger partial charge in [-0.1, -0.05) is 12.1 Å². The number of sulfone groups is 1. The minimum Gasteiger partial charge on any atom is -0.322 e. The zero-order valence-electron chi connectivity index (χ0n) is 10.9. The molecule has 6 heteroatoms. The highest BCUT2D eigenvalue weighted by Gasteiger charge is 2.08. The number of hydrogen-bond acceptors (Lipinski definition) is 4. The van der Waals surface area contributed by atoms with Crippen molar-refractivity contribution in [1.29, 1.82) is 0 Å². The Morgan fingerprint density at radius 3 is 2.25 bits per heavy atom. The molecule has 0 atom stereocenters. The van der Waals surface area contributed by atoms with E-state index < -0.39 is 9.84 Å². The summed E-state index contributed by atoms with van der Waals surface area (Å²) in [6.45, 7) is 0. The number of rotatable bonds is 4. The van der Waals surface area contributed by atoms with Gasteiger partial charge < -0.3 is 5.32 Å². The predicted octanol–water partition coefficient (Wildman–Crippen LogP) is 1.88. The summed E-state index contributed by atoms with van der Waals surface area (Å²) in [5, 5.41) is 2.73. The molecule has 2 rings (SSSR count). The highest BCUT2D eigenvalue weighted by molar-refractivity contribution is 7.89. The maximum atomic E-state index is 12.0. The van der Waals surface area contributed by atoms with Gasteiger partial charge in [-0.3, -0.25) is 9.78 Å². The second kappa shape index (κ2) is 5.83. The van der Waals surface area contributed by atoms with Crippen molar-refractivity contribution in [2.75, 3.05) is 11.6 Å². The zero-order chi connectivity index (χ0) is 14.6. The van der Waals surface area contributed by atoms with Gasteiger partial charge in [0.05, 0.1) is 5.75 Å². The van der Waals surface area contributed by atoms with Gasteiger partial charge in [0.1, 0.15) is 0 Å². The molecule has 0 aliphatic heterocycles. The van der Waals surface area contributed by atoms with Crippen LogP contribution in [0, 0.1) is 0 Å². The topological polar surface area (TPSA) is 76.1 Å². The zero-order valence-corrected chi connectivity index (χ0v) is 11.7. The largest absolute Gasteiger partial charge is 0.322 e. The molecule has 1 aromatic carbocycles. The van der Waals surface area contributed by atoms with Crippen molar-refractivity contribution in [3.63, 3.8) is 0 Å². The molecular weight excluding hydrogens is 276 g/mol. The number of nitrogens with one attached hydrogen (secondary N) is 1. The third-order valence-corrected chi connectivity index (χ3v) is 3.44. The number of hydrogen-bond donors (Lipinski definition) is 1. The third kappa shape index (κ3) is 4.17. The maximum absolute atomic E-state index is 12.0. The first kappa shape index (κ1) is 14.2. The smallest absolute Gasteiger partial charge is 0.255 e. The summed E-state index contributed by atoms with van der Waals surface area (Å²) >= 11 is 0. The van der Waals surface area contributed by atoms with Gasteiger partial charge in [0, 0.05) is 29.9 Å². The fourth-order valence-corrected chi connectivity index (χ4v) is 2.49. The van der Waals surface area contributed by atoms with Gasteiger partial charge in [-0.25, -0.2) is 8.42 Å². The Morgan fingerprint density at radius 2 is 1.70 bits per heavy atom. The monoisotopic (exact) mass is 290 g/mol. The number of carbonyl (C=O) groups is 1. The van der Waals surface area contributed by atoms with Crippen LogP contribution >= 0.6 is 0 Å². The number of amides is 1. The van der Waals surface area contributed by atoms with Gasteiger partial charge >= 0.3 is 0 Å². The molecule has 1 N–H and O–H groups in total. The molecule has 0 spiro atoms. The number of carbonyl (C=O) groups excluding carboxylic acids is 1. The number of anilines is 1. The summed E-state index contributed by atoms with van der Waals surface area (Å²) in [7, 11) is -3.07. The van der Waals surface area contributed by atoms with E-state index in [4.69, 9.17) is 0 Å². The Kier molecular flexibility index (Phi) is 4.14. The molecule has 0 saturated heterocycles. The quantitative estimate of drug-likeness (QED) is 0.932. The van der Waals surface area contributed by atoms with E-state index >= 15 is 0 Å². The Bertz CT molecular complexity index is 695. The van der Waals surface area contributed by atoms with Crippen LogP contribution in [-0.4, -0.2) is 25.6 Å². The van der Waals surface area contributed by atoms with Crippen LogP contribution in [0.25, 0.3) is 0 Å². The predicted molar refractivity (Wildman–Crippen MR) is 77.2 cm³/mol. The van der Waals surface area contributed by atoms with Crippen LogP contribution in [-0.2, 0) is 15.6 Å². The highest BCUT2D eigenvalue weighted by atomic mass is 32.2. The maximum Gasteiger partial charge on any atom is 0.255 e. The van der Waals surface area contributed by atoms with Crippen molar-refractivity contribution in [1.82, 2.24) is 4.98 Å². The van der Waals surface area contributed by atoms with E-state index in [0.29, 0.717) is 16.8 Å². The lowest BCUT2D eigenvalue weighted by Crippen LogP contribution is -2.12. The molecule has 0 saturated carbocycles. The van der Waals surface area contributed by atoms with Gasteiger partial charge in [0.15, 0.2) is 9.84 Å². The van der Waals surface area contributed by atoms with E-state index in [1.807, 2.05) is 0 Å². The summed E-state index contributed by atoms with van der Waals surface area (Å²) in [6, 6.07) is 9.88. The Hall–Kier alpha value is -2.21. The molecule has 0 unspecified atom stereocenters. The minimum absolute atomic E-state index is 0.0285. The lowest BCUT2D eigenvalue weighted by molar-refractivity contribution is 0.102. The van der Waals surface area contributed by atoms with Crippen LogP contribution in [0.2, 0.25) is 0 Å². The van der Waals surface area contributed by atoms with Crippen molar-refractivity contribution in [2.45, 2.75) is 5.75 Å². The molecule has 20 heavy (non-hydrogen) atoms. The second-order valence-electron chi connectivity index (χ2n) is 4.46. The van der Waals surface area contributed by atoms with Gasteiger partial charge in [0.2, 0.25) is 0 Å². The third-order valence-electron chi connectivity index (χ3n) is 2.58. The first-order valence-electron chi connectivity index (χ1n) is 5.92. The van der Waals surface area contributed by atoms with Crippen LogP contribution in [0.5, 0.6) is 0 Å². The van der Waals surface area contributed by atoms with Gasteiger partial charge in [-0.15, -0.1) is 0 Å². The fraction of sp³-hybridized carbons (Fsp3) is 0.143. The first-order chi connectivity index (χ1) is 9.44. The van der Waals surface area contributed by atoms with E-state index in [9.17, 15) is 13.2 Å². The Balaban J connectivity index is 2.08. The van der Waals surface area contributed by atoms with Crippen LogP contribution in [0.1, 0.15) is 15.9 Å². The van der Waals surface area contributed by atoms with Crippen molar-refractivity contribution in [2.24, 2.45) is 0 Å². The lowest BCUT2D eigenvalue weighted by atomic mass is 10.1. The molecule has 5 nitrogen and oxygen atoms in total. The van der Waals surface area contributed by atoms with E-state index in [1.165, 1.54) is 6.26 Å². The normalized spacial score (nSPS) is 11.1. The fourth-order valence-electron chi connectivity index (χ4n) is 1.69. The molecule has 1 aromatic heterocycles. The molecule has 104 valence electrons. The standard InChI is InChI=1S/C14H14N2O3S/c1-20(18,19)10-11-2-4-12(5-3-11)14(17)16-13-6-8-15-9-7-13/h2-9H,10H2,1H3,(H,15,16,17). The molecule has 0 bridgehead atoms. The number of benzene rings is 1. The Morgan fingerprint density at radius 1 is 1.10 bits per heavy atom. The average molecular weight is 290 g/mol. The molecule has 0 fully saturated rings. The molecule has 0 radical (unpaired) electrons. The molecule has 0 aliphatic rings. The number of aromatic nitrogens is 1. The Labute approximate surface area is 117 Å². The molecule has 0 aliphatic carbocycles. The average Bonchev–Trinajstić information content (AvgIpc) is 2.39. The van der Waals surface area contributed by atoms with Crippen LogP contribution < -0.4 is 5.32 Å². The molecule has 2 aromatic rings. The van der Waals surface area contributed by atoms with Crippen molar-refractivity contribution in [3.05, 3.63) is 59.9 Å². The van der Waals surface area contributed by atoms with Crippen molar-refractivity contribution < 1.29 is 13.2 Å². The van der Waals surface area contributed by atoms with Gasteiger partial charge in [-0.2, -0.15) is 0 Å². The molecule has 1 amide bonds. The first-order valence-corrected chi connectivity index (χ1v) is 7.98. The summed E-state index contributed by atoms with van der Waals surface area (Å²) in [4.78, 5) is 15.8. The van der Waals surface area contributed by atoms with Crippen LogP contribution in [0.15, 0.2) is 48.8 Å². The SMILES string of the molecule is CS(=O)(=O)Cc1ccc(C(=O)Nc2ccncc2)cc1. The lowest BCUT2D eigenvalue weighted by Gasteiger charge is -2.05. The van der Waals surface area contributed by atoms with E-state index in [-0.39, 0.29) is 11.7 Å². The second-order valence-corrected chi connectivity index (χ2v) is 6.60. The molecular formula is C14H14N2O3S. The number of pyridine rings is 1. The number of nitrogens with zero attached hydrogens (tertiary/aromatic N) is 1. The van der Waals surface area contributed by atoms with Gasteiger partial charge in [-0.05, 0) is 29.8 Å². The minimum atomic E-state index is -3.07. The summed E-state index contributed by atoms with van der Waals surface area (Å²) in [5.74, 6) is -0.277. The van der Waals surface area contributed by atoms with E-state index in [0.717, 1.165) is 0 Å². The van der Waals surface area contributed by atoms with Crippen molar-refractivity contribution in [3.8, 4) is 0 Å². The van der Waals surface area contributed by atoms with Crippen LogP contribution in [0.3, 0.4) is 0 Å².